The monoisotopic (exact) mass is 520 g/mol. The van der Waals surface area contributed by atoms with Gasteiger partial charge in [0.25, 0.3) is 0 Å². The van der Waals surface area contributed by atoms with Crippen LogP contribution in [-0.2, 0) is 24.1 Å². The zero-order valence-corrected chi connectivity index (χ0v) is 21.2. The Morgan fingerprint density at radius 2 is 2.03 bits per heavy atom. The van der Waals surface area contributed by atoms with E-state index in [1.807, 2.05) is 0 Å². The minimum Gasteiger partial charge on any atom is -0.462 e. The Bertz CT molecular complexity index is 1170. The first-order valence-electron chi connectivity index (χ1n) is 11.3. The van der Waals surface area contributed by atoms with Crippen molar-refractivity contribution in [3.8, 4) is 0 Å². The molecule has 0 radical (unpaired) electrons. The van der Waals surface area contributed by atoms with Crippen LogP contribution >= 0.6 is 35.2 Å². The Labute approximate surface area is 212 Å². The van der Waals surface area contributed by atoms with Gasteiger partial charge in [-0.2, -0.15) is 5.10 Å². The molecule has 1 aliphatic carbocycles. The molecule has 2 N–H and O–H groups in total. The fourth-order valence-corrected chi connectivity index (χ4v) is 5.81. The number of carbonyl (C=O) groups excluding carboxylic acids is 1. The van der Waals surface area contributed by atoms with E-state index in [1.54, 1.807) is 47.3 Å². The van der Waals surface area contributed by atoms with Crippen molar-refractivity contribution in [1.82, 2.24) is 9.78 Å². The van der Waals surface area contributed by atoms with E-state index in [0.29, 0.717) is 38.7 Å². The maximum Gasteiger partial charge on any atom is 0.341 e. The van der Waals surface area contributed by atoms with Gasteiger partial charge in [0.15, 0.2) is 10.9 Å². The first-order valence-corrected chi connectivity index (χ1v) is 12.9. The molecule has 0 amide bonds. The number of hydrogen-bond acceptors (Lipinski definition) is 5. The van der Waals surface area contributed by atoms with Crippen molar-refractivity contribution in [3.05, 3.63) is 62.9 Å². The number of nitrogens with one attached hydrogen (secondary N) is 2. The van der Waals surface area contributed by atoms with Crippen molar-refractivity contribution in [2.45, 2.75) is 52.0 Å². The van der Waals surface area contributed by atoms with Gasteiger partial charge in [0.2, 0.25) is 0 Å². The molecule has 3 aromatic rings. The zero-order valence-electron chi connectivity index (χ0n) is 18.8. The van der Waals surface area contributed by atoms with Gasteiger partial charge in [-0.1, -0.05) is 30.5 Å². The second-order valence-corrected chi connectivity index (χ2v) is 9.94. The number of halogens is 2. The number of carbonyl (C=O) groups is 1. The molecule has 0 atom stereocenters. The van der Waals surface area contributed by atoms with Gasteiger partial charge in [0, 0.05) is 27.7 Å². The molecule has 1 aromatic carbocycles. The van der Waals surface area contributed by atoms with Crippen molar-refractivity contribution in [2.24, 2.45) is 0 Å². The number of rotatable bonds is 6. The van der Waals surface area contributed by atoms with Crippen LogP contribution in [0.5, 0.6) is 0 Å². The Morgan fingerprint density at radius 3 is 2.79 bits per heavy atom. The van der Waals surface area contributed by atoms with E-state index in [2.05, 4.69) is 15.7 Å². The number of aromatic nitrogens is 2. The van der Waals surface area contributed by atoms with Gasteiger partial charge in [0.05, 0.1) is 18.7 Å². The molecule has 2 aromatic heterocycles. The molecule has 4 rings (SSSR count). The van der Waals surface area contributed by atoms with E-state index in [1.165, 1.54) is 23.8 Å². The van der Waals surface area contributed by atoms with E-state index >= 15 is 0 Å². The van der Waals surface area contributed by atoms with Crippen LogP contribution in [0.4, 0.5) is 15.2 Å². The van der Waals surface area contributed by atoms with Crippen LogP contribution in [0, 0.1) is 5.82 Å². The number of anilines is 2. The number of aryl methyl sites for hydroxylation is 1. The van der Waals surface area contributed by atoms with Crippen molar-refractivity contribution in [3.63, 3.8) is 0 Å². The third-order valence-corrected chi connectivity index (χ3v) is 7.41. The summed E-state index contributed by atoms with van der Waals surface area (Å²) in [4.78, 5) is 14.0. The third-order valence-electron chi connectivity index (χ3n) is 5.64. The van der Waals surface area contributed by atoms with Crippen LogP contribution in [0.25, 0.3) is 0 Å². The first-order chi connectivity index (χ1) is 16.5. The number of fused-ring (bicyclic) bond motifs is 1. The van der Waals surface area contributed by atoms with E-state index < -0.39 is 0 Å². The molecule has 10 heteroatoms. The number of hydrogen-bond donors (Lipinski definition) is 2. The second-order valence-electron chi connectivity index (χ2n) is 8.02. The summed E-state index contributed by atoms with van der Waals surface area (Å²) in [7, 11) is 0. The van der Waals surface area contributed by atoms with Crippen LogP contribution in [0.1, 0.15) is 59.0 Å². The molecule has 0 unspecified atom stereocenters. The number of ether oxygens (including phenoxy) is 1. The number of thiocarbonyl (C=S) groups is 1. The van der Waals surface area contributed by atoms with E-state index in [9.17, 15) is 9.18 Å². The largest absolute Gasteiger partial charge is 0.462 e. The van der Waals surface area contributed by atoms with Gasteiger partial charge < -0.3 is 15.4 Å². The number of nitrogens with zero attached hydrogens (tertiary/aromatic N) is 2. The minimum absolute atomic E-state index is 0.192. The van der Waals surface area contributed by atoms with Crippen LogP contribution in [-0.4, -0.2) is 27.5 Å². The zero-order chi connectivity index (χ0) is 24.1. The highest BCUT2D eigenvalue weighted by atomic mass is 35.5. The average molecular weight is 521 g/mol. The molecule has 0 saturated carbocycles. The summed E-state index contributed by atoms with van der Waals surface area (Å²) < 4.78 is 21.0. The summed E-state index contributed by atoms with van der Waals surface area (Å²) in [6, 6.07) is 6.32. The summed E-state index contributed by atoms with van der Waals surface area (Å²) in [5.41, 5.74) is 2.04. The van der Waals surface area contributed by atoms with Crippen molar-refractivity contribution in [2.75, 3.05) is 17.2 Å². The Hall–Kier alpha value is -2.49. The first kappa shape index (κ1) is 24.6. The van der Waals surface area contributed by atoms with Gasteiger partial charge in [-0.15, -0.1) is 11.3 Å². The molecule has 0 spiro atoms. The van der Waals surface area contributed by atoms with Crippen LogP contribution in [0.15, 0.2) is 30.5 Å². The minimum atomic E-state index is -0.380. The average Bonchev–Trinajstić information content (AvgIpc) is 3.34. The summed E-state index contributed by atoms with van der Waals surface area (Å²) in [5.74, 6) is -0.205. The molecule has 0 aliphatic heterocycles. The lowest BCUT2D eigenvalue weighted by Crippen LogP contribution is -2.21. The third kappa shape index (κ3) is 5.76. The fraction of sp³-hybridized carbons (Fsp3) is 0.375. The van der Waals surface area contributed by atoms with Gasteiger partial charge in [-0.25, -0.2) is 9.18 Å². The molecule has 34 heavy (non-hydrogen) atoms. The summed E-state index contributed by atoms with van der Waals surface area (Å²) in [5, 5.41) is 12.0. The van der Waals surface area contributed by atoms with E-state index in [4.69, 9.17) is 28.6 Å². The van der Waals surface area contributed by atoms with Gasteiger partial charge in [-0.3, -0.25) is 4.68 Å². The Kier molecular flexibility index (Phi) is 8.18. The lowest BCUT2D eigenvalue weighted by atomic mass is 9.96. The molecule has 0 bridgehead atoms. The van der Waals surface area contributed by atoms with Crippen LogP contribution in [0.3, 0.4) is 0 Å². The Morgan fingerprint density at radius 1 is 1.24 bits per heavy atom. The quantitative estimate of drug-likeness (QED) is 0.288. The molecule has 1 aliphatic rings. The summed E-state index contributed by atoms with van der Waals surface area (Å²) >= 11 is 13.2. The second kappa shape index (κ2) is 11.3. The maximum atomic E-state index is 14.1. The van der Waals surface area contributed by atoms with Gasteiger partial charge >= 0.3 is 5.97 Å². The van der Waals surface area contributed by atoms with Crippen molar-refractivity contribution in [1.29, 1.82) is 0 Å². The molecular formula is C24H26ClFN4O2S2. The van der Waals surface area contributed by atoms with Crippen LogP contribution < -0.4 is 10.6 Å². The predicted octanol–water partition coefficient (Wildman–Crippen LogP) is 6.43. The Balaban J connectivity index is 1.49. The standard InChI is InChI=1S/C24H26ClFN4O2S2/c1-2-32-23(31)21-15-8-5-3-4-6-11-19(15)34-22(21)28-24(33)27-20-12-13-30(29-20)14-16-17(25)9-7-10-18(16)26/h7,9-10,12-13H,2-6,8,11,14H2,1H3,(H2,27,28,29,33). The molecule has 6 nitrogen and oxygen atoms in total. The maximum absolute atomic E-state index is 14.1. The van der Waals surface area contributed by atoms with Gasteiger partial charge in [0.1, 0.15) is 10.8 Å². The predicted molar refractivity (Wildman–Crippen MR) is 139 cm³/mol. The highest BCUT2D eigenvalue weighted by Crippen LogP contribution is 2.37. The lowest BCUT2D eigenvalue weighted by molar-refractivity contribution is 0.0526. The topological polar surface area (TPSA) is 68.2 Å². The highest BCUT2D eigenvalue weighted by Gasteiger charge is 2.25. The molecule has 0 fully saturated rings. The highest BCUT2D eigenvalue weighted by molar-refractivity contribution is 7.80. The molecular weight excluding hydrogens is 495 g/mol. The van der Waals surface area contributed by atoms with E-state index in [-0.39, 0.29) is 18.3 Å². The SMILES string of the molecule is CCOC(=O)c1c(NC(=S)Nc2ccn(Cc3c(F)cccc3Cl)n2)sc2c1CCCCCC2. The number of esters is 1. The molecule has 180 valence electrons. The normalized spacial score (nSPS) is 13.5. The smallest absolute Gasteiger partial charge is 0.341 e. The number of thiophene rings is 1. The lowest BCUT2D eigenvalue weighted by Gasteiger charge is -2.12. The van der Waals surface area contributed by atoms with Crippen molar-refractivity contribution >= 4 is 57.1 Å². The molecule has 0 saturated heterocycles. The summed E-state index contributed by atoms with van der Waals surface area (Å²) in [6.07, 6.45) is 8.08. The fourth-order valence-electron chi connectivity index (χ4n) is 4.04. The summed E-state index contributed by atoms with van der Waals surface area (Å²) in [6.45, 7) is 2.31. The number of benzene rings is 1. The van der Waals surface area contributed by atoms with Crippen molar-refractivity contribution < 1.29 is 13.9 Å². The van der Waals surface area contributed by atoms with Gasteiger partial charge in [-0.05, 0) is 62.5 Å². The van der Waals surface area contributed by atoms with Crippen LogP contribution in [0.2, 0.25) is 5.02 Å². The van der Waals surface area contributed by atoms with E-state index in [0.717, 1.165) is 31.2 Å². The molecule has 2 heterocycles.